The highest BCUT2D eigenvalue weighted by atomic mass is 16.6. The molecule has 368 valence electrons. The van der Waals surface area contributed by atoms with Gasteiger partial charge in [-0.1, -0.05) is 184 Å². The number of rotatable bonds is 36. The van der Waals surface area contributed by atoms with Crippen LogP contribution in [-0.4, -0.2) is 37.0 Å². The molecule has 0 heterocycles. The maximum Gasteiger partial charge on any atom is 0.347 e. The average Bonchev–Trinajstić information content (AvgIpc) is 3.35. The minimum absolute atomic E-state index is 0.00831. The molecule has 2 aromatic rings. The van der Waals surface area contributed by atoms with E-state index in [1.54, 1.807) is 24.3 Å². The van der Waals surface area contributed by atoms with Crippen molar-refractivity contribution in [3.8, 4) is 11.5 Å². The Morgan fingerprint density at radius 2 is 0.768 bits per heavy atom. The summed E-state index contributed by atoms with van der Waals surface area (Å²) in [4.78, 5) is 51.3. The van der Waals surface area contributed by atoms with Gasteiger partial charge in [-0.15, -0.1) is 0 Å². The molecule has 0 aromatic heterocycles. The predicted octanol–water partition coefficient (Wildman–Crippen LogP) is 15.4. The Kier molecular flexibility index (Phi) is 36.0. The van der Waals surface area contributed by atoms with Gasteiger partial charge in [0.1, 0.15) is 22.6 Å². The first-order valence-corrected chi connectivity index (χ1v) is 24.8. The highest BCUT2D eigenvalue weighted by Gasteiger charge is 2.21. The third-order valence-electron chi connectivity index (χ3n) is 9.76. The van der Waals surface area contributed by atoms with E-state index in [0.717, 1.165) is 77.0 Å². The van der Waals surface area contributed by atoms with E-state index >= 15 is 0 Å². The summed E-state index contributed by atoms with van der Waals surface area (Å²) >= 11 is 0. The zero-order chi connectivity index (χ0) is 49.5. The second kappa shape index (κ2) is 42.5. The van der Waals surface area contributed by atoms with E-state index in [1.165, 1.54) is 24.3 Å². The fraction of sp³-hybridized carbons (Fsp3) is 0.344. The number of esters is 3. The molecule has 0 spiro atoms. The van der Waals surface area contributed by atoms with Crippen LogP contribution in [0.2, 0.25) is 0 Å². The fourth-order valence-electron chi connectivity index (χ4n) is 6.10. The minimum atomic E-state index is -0.790. The summed E-state index contributed by atoms with van der Waals surface area (Å²) in [5, 5.41) is 2.86. The zero-order valence-electron chi connectivity index (χ0n) is 41.3. The Hall–Kier alpha value is -6.80. The lowest BCUT2D eigenvalue weighted by molar-refractivity contribution is -0.134. The molecular weight excluding hydrogens is 859 g/mol. The molecule has 0 saturated heterocycles. The van der Waals surface area contributed by atoms with Crippen LogP contribution in [0.3, 0.4) is 0 Å². The zero-order valence-corrected chi connectivity index (χ0v) is 41.3. The Morgan fingerprint density at radius 1 is 0.420 bits per heavy atom. The van der Waals surface area contributed by atoms with Crippen LogP contribution in [0.4, 0.5) is 0 Å². The third-order valence-corrected chi connectivity index (χ3v) is 9.76. The Labute approximate surface area is 414 Å². The summed E-state index contributed by atoms with van der Waals surface area (Å²) in [6.07, 6.45) is 64.7. The summed E-state index contributed by atoms with van der Waals surface area (Å²) in [6.45, 7) is 4.69. The molecule has 0 unspecified atom stereocenters. The quantitative estimate of drug-likeness (QED) is 0.0314. The van der Waals surface area contributed by atoms with Crippen molar-refractivity contribution >= 4 is 23.8 Å². The third kappa shape index (κ3) is 32.5. The van der Waals surface area contributed by atoms with Gasteiger partial charge in [-0.25, -0.2) is 9.59 Å². The normalized spacial score (nSPS) is 12.6. The molecule has 0 aliphatic heterocycles. The number of carbonyl (C=O) groups is 4. The molecule has 8 heteroatoms. The highest BCUT2D eigenvalue weighted by molar-refractivity contribution is 5.98. The molecule has 0 fully saturated rings. The molecule has 8 nitrogen and oxygen atoms in total. The first-order chi connectivity index (χ1) is 34.0. The molecular formula is C61H77NO7. The van der Waals surface area contributed by atoms with E-state index in [9.17, 15) is 19.2 Å². The molecule has 1 amide bonds. The Bertz CT molecular complexity index is 2120. The van der Waals surface area contributed by atoms with Gasteiger partial charge >= 0.3 is 17.9 Å². The summed E-state index contributed by atoms with van der Waals surface area (Å²) in [5.41, 5.74) is 0.108. The second-order valence-corrected chi connectivity index (χ2v) is 15.6. The number of ether oxygens (including phenoxy) is 3. The van der Waals surface area contributed by atoms with Crippen LogP contribution in [0.25, 0.3) is 0 Å². The van der Waals surface area contributed by atoms with Crippen molar-refractivity contribution in [1.82, 2.24) is 5.32 Å². The van der Waals surface area contributed by atoms with Crippen LogP contribution in [-0.2, 0) is 14.3 Å². The summed E-state index contributed by atoms with van der Waals surface area (Å²) in [7, 11) is 0. The topological polar surface area (TPSA) is 108 Å². The smallest absolute Gasteiger partial charge is 0.347 e. The van der Waals surface area contributed by atoms with Crippen molar-refractivity contribution in [2.75, 3.05) is 13.2 Å². The first-order valence-electron chi connectivity index (χ1n) is 24.8. The monoisotopic (exact) mass is 936 g/mol. The maximum absolute atomic E-state index is 13.3. The number of hydrogen-bond donors (Lipinski definition) is 1. The number of benzene rings is 2. The number of amides is 1. The van der Waals surface area contributed by atoms with E-state index in [4.69, 9.17) is 14.2 Å². The van der Waals surface area contributed by atoms with Gasteiger partial charge in [0.05, 0.1) is 6.61 Å². The van der Waals surface area contributed by atoms with Gasteiger partial charge in [-0.2, -0.15) is 0 Å². The Balaban J connectivity index is 1.62. The molecule has 0 bridgehead atoms. The van der Waals surface area contributed by atoms with Gasteiger partial charge in [-0.05, 0) is 121 Å². The van der Waals surface area contributed by atoms with Gasteiger partial charge in [0, 0.05) is 19.4 Å². The highest BCUT2D eigenvalue weighted by Crippen LogP contribution is 2.24. The molecule has 0 atom stereocenters. The van der Waals surface area contributed by atoms with Gasteiger partial charge in [0.15, 0.2) is 0 Å². The molecule has 69 heavy (non-hydrogen) atoms. The first kappa shape index (κ1) is 58.3. The molecule has 0 aliphatic carbocycles. The van der Waals surface area contributed by atoms with Crippen LogP contribution in [0.1, 0.15) is 144 Å². The molecule has 2 rings (SSSR count). The van der Waals surface area contributed by atoms with Gasteiger partial charge < -0.3 is 19.5 Å². The van der Waals surface area contributed by atoms with Crippen LogP contribution >= 0.6 is 0 Å². The van der Waals surface area contributed by atoms with Crippen LogP contribution in [0.5, 0.6) is 11.5 Å². The van der Waals surface area contributed by atoms with Crippen molar-refractivity contribution in [1.29, 1.82) is 0 Å². The maximum atomic E-state index is 13.3. The van der Waals surface area contributed by atoms with Crippen molar-refractivity contribution in [2.45, 2.75) is 123 Å². The van der Waals surface area contributed by atoms with E-state index < -0.39 is 17.9 Å². The second-order valence-electron chi connectivity index (χ2n) is 15.6. The van der Waals surface area contributed by atoms with Crippen LogP contribution < -0.4 is 14.8 Å². The number of hydrogen-bond acceptors (Lipinski definition) is 7. The molecule has 0 radical (unpaired) electrons. The van der Waals surface area contributed by atoms with E-state index in [2.05, 4.69) is 147 Å². The van der Waals surface area contributed by atoms with E-state index in [0.29, 0.717) is 32.2 Å². The van der Waals surface area contributed by atoms with Crippen LogP contribution in [0.15, 0.2) is 194 Å². The van der Waals surface area contributed by atoms with Crippen molar-refractivity contribution in [3.05, 3.63) is 205 Å². The lowest BCUT2D eigenvalue weighted by Crippen LogP contribution is -2.25. The van der Waals surface area contributed by atoms with Crippen molar-refractivity contribution in [2.24, 2.45) is 0 Å². The van der Waals surface area contributed by atoms with Crippen molar-refractivity contribution < 1.29 is 33.4 Å². The van der Waals surface area contributed by atoms with E-state index in [-0.39, 0.29) is 41.6 Å². The SMILES string of the molecule is CC/C=C\C/C=C\C/C=C\C/C=C\C/C=C\C/C=C\CCC(=O)NCCCOC(=O)c1ccccc1OC(=O)c1ccccc1OC(=O)CC/C=C\C/C=C\C/C=C\C/C=C\C/C=C\C/C=C\CC. The summed E-state index contributed by atoms with van der Waals surface area (Å²) in [6, 6.07) is 12.6. The van der Waals surface area contributed by atoms with E-state index in [1.807, 2.05) is 18.2 Å². The Morgan fingerprint density at radius 3 is 1.19 bits per heavy atom. The minimum Gasteiger partial charge on any atom is -0.462 e. The van der Waals surface area contributed by atoms with Crippen LogP contribution in [0, 0.1) is 0 Å². The predicted molar refractivity (Wildman–Crippen MR) is 286 cm³/mol. The van der Waals surface area contributed by atoms with Gasteiger partial charge in [0.25, 0.3) is 0 Å². The molecule has 0 saturated carbocycles. The standard InChI is InChI=1S/C61H77NO7/c1-3-5-7-9-11-13-15-17-19-21-23-25-27-29-31-33-35-37-39-50-58(63)62-52-45-53-67-60(65)54-46-41-44-49-57(54)69-61(66)55-47-42-43-48-56(55)68-59(64)51-40-38-36-34-32-30-28-26-24-22-20-18-16-14-12-10-8-6-4-2/h5-8,11-14,17-20,23-26,29-32,35-38,41-44,46-49H,3-4,9-10,15-16,21-22,27-28,33-34,39-40,45,50-53H2,1-2H3,(H,62,63)/b7-5-,8-6-,13-11-,14-12-,19-17-,20-18-,25-23-,26-24-,31-29-,32-30-,37-35-,38-36-. The number of para-hydroxylation sites is 2. The van der Waals surface area contributed by atoms with Crippen molar-refractivity contribution in [3.63, 3.8) is 0 Å². The number of carbonyl (C=O) groups excluding carboxylic acids is 4. The number of nitrogens with one attached hydrogen (secondary N) is 1. The van der Waals surface area contributed by atoms with Gasteiger partial charge in [-0.3, -0.25) is 9.59 Å². The number of allylic oxidation sites excluding steroid dienone is 24. The largest absolute Gasteiger partial charge is 0.462 e. The summed E-state index contributed by atoms with van der Waals surface area (Å²) in [5.74, 6) is -1.95. The molecule has 2 aromatic carbocycles. The average molecular weight is 936 g/mol. The summed E-state index contributed by atoms with van der Waals surface area (Å²) < 4.78 is 16.6. The van der Waals surface area contributed by atoms with Gasteiger partial charge in [0.2, 0.25) is 5.91 Å². The molecule has 1 N–H and O–H groups in total. The fourth-order valence-corrected chi connectivity index (χ4v) is 6.10. The molecule has 0 aliphatic rings. The lowest BCUT2D eigenvalue weighted by atomic mass is 10.2. The lowest BCUT2D eigenvalue weighted by Gasteiger charge is -2.12.